The van der Waals surface area contributed by atoms with E-state index in [1.165, 1.54) is 12.1 Å². The molecule has 0 bridgehead atoms. The number of tetrazole rings is 1. The summed E-state index contributed by atoms with van der Waals surface area (Å²) in [5, 5.41) is 22.0. The van der Waals surface area contributed by atoms with Crippen LogP contribution in [0.25, 0.3) is 0 Å². The van der Waals surface area contributed by atoms with E-state index < -0.39 is 0 Å². The fourth-order valence-corrected chi connectivity index (χ4v) is 3.35. The molecule has 0 aliphatic carbocycles. The molecule has 1 aliphatic rings. The third kappa shape index (κ3) is 3.79. The van der Waals surface area contributed by atoms with Crippen LogP contribution in [0.5, 0.6) is 0 Å². The van der Waals surface area contributed by atoms with Gasteiger partial charge in [-0.1, -0.05) is 26.0 Å². The molecule has 0 unspecified atom stereocenters. The Morgan fingerprint density at radius 3 is 2.50 bits per heavy atom. The van der Waals surface area contributed by atoms with E-state index in [-0.39, 0.29) is 18.0 Å². The number of piperidine rings is 1. The van der Waals surface area contributed by atoms with Crippen LogP contribution in [0.2, 0.25) is 0 Å². The quantitative estimate of drug-likeness (QED) is 0.907. The number of rotatable bonds is 5. The van der Waals surface area contributed by atoms with E-state index in [4.69, 9.17) is 0 Å². The van der Waals surface area contributed by atoms with Gasteiger partial charge in [0.1, 0.15) is 5.82 Å². The number of halogens is 1. The van der Waals surface area contributed by atoms with E-state index in [2.05, 4.69) is 34.3 Å². The molecular weight excluding hydrogens is 309 g/mol. The third-order valence-electron chi connectivity index (χ3n) is 4.59. The van der Waals surface area contributed by atoms with Gasteiger partial charge in [-0.2, -0.15) is 0 Å². The summed E-state index contributed by atoms with van der Waals surface area (Å²) in [7, 11) is 0. The van der Waals surface area contributed by atoms with Crippen molar-refractivity contribution in [2.24, 2.45) is 5.92 Å². The van der Waals surface area contributed by atoms with Crippen molar-refractivity contribution in [3.63, 3.8) is 0 Å². The van der Waals surface area contributed by atoms with Crippen LogP contribution in [0.15, 0.2) is 24.3 Å². The first-order chi connectivity index (χ1) is 11.5. The highest BCUT2D eigenvalue weighted by molar-refractivity contribution is 5.16. The van der Waals surface area contributed by atoms with Gasteiger partial charge in [0.05, 0.1) is 18.7 Å². The second kappa shape index (κ2) is 7.36. The van der Waals surface area contributed by atoms with Crippen molar-refractivity contribution in [2.75, 3.05) is 13.1 Å². The Morgan fingerprint density at radius 2 is 1.88 bits per heavy atom. The van der Waals surface area contributed by atoms with Crippen molar-refractivity contribution in [3.05, 3.63) is 41.5 Å². The molecule has 2 aromatic rings. The molecule has 1 fully saturated rings. The van der Waals surface area contributed by atoms with E-state index in [0.29, 0.717) is 12.5 Å². The second-order valence-corrected chi connectivity index (χ2v) is 6.78. The molecule has 0 saturated carbocycles. The van der Waals surface area contributed by atoms with Crippen molar-refractivity contribution in [2.45, 2.75) is 45.4 Å². The Kier molecular flexibility index (Phi) is 5.20. The third-order valence-corrected chi connectivity index (χ3v) is 4.59. The standard InChI is InChI=1S/C17H24FN5O/c1-12(2)16(22-9-7-15(24)8-10-22)17-19-20-21-23(17)11-13-3-5-14(18)6-4-13/h3-6,12,15-16,24H,7-11H2,1-2H3/t16-/m1/s1. The highest BCUT2D eigenvalue weighted by Gasteiger charge is 2.31. The van der Waals surface area contributed by atoms with Crippen LogP contribution in [-0.4, -0.2) is 49.4 Å². The molecule has 0 amide bonds. The van der Waals surface area contributed by atoms with Gasteiger partial charge in [-0.25, -0.2) is 9.07 Å². The van der Waals surface area contributed by atoms with Crippen molar-refractivity contribution < 1.29 is 9.50 Å². The van der Waals surface area contributed by atoms with Gasteiger partial charge in [0.2, 0.25) is 0 Å². The van der Waals surface area contributed by atoms with Gasteiger partial charge in [-0.15, -0.1) is 5.10 Å². The lowest BCUT2D eigenvalue weighted by atomic mass is 9.97. The lowest BCUT2D eigenvalue weighted by molar-refractivity contribution is 0.0436. The maximum atomic E-state index is 13.1. The Bertz CT molecular complexity index is 649. The Hall–Kier alpha value is -1.86. The van der Waals surface area contributed by atoms with Crippen LogP contribution in [0.4, 0.5) is 4.39 Å². The van der Waals surface area contributed by atoms with Crippen molar-refractivity contribution in [3.8, 4) is 0 Å². The minimum Gasteiger partial charge on any atom is -0.393 e. The molecule has 24 heavy (non-hydrogen) atoms. The van der Waals surface area contributed by atoms with Gasteiger partial charge in [0.25, 0.3) is 0 Å². The largest absolute Gasteiger partial charge is 0.393 e. The number of nitrogens with zero attached hydrogens (tertiary/aromatic N) is 5. The average Bonchev–Trinajstić information content (AvgIpc) is 2.99. The molecule has 1 N–H and O–H groups in total. The zero-order chi connectivity index (χ0) is 17.1. The van der Waals surface area contributed by atoms with E-state index in [9.17, 15) is 9.50 Å². The Balaban J connectivity index is 1.81. The van der Waals surface area contributed by atoms with E-state index in [1.54, 1.807) is 16.8 Å². The zero-order valence-corrected chi connectivity index (χ0v) is 14.1. The maximum Gasteiger partial charge on any atom is 0.169 e. The highest BCUT2D eigenvalue weighted by Crippen LogP contribution is 2.29. The summed E-state index contributed by atoms with van der Waals surface area (Å²) in [6.45, 7) is 6.52. The van der Waals surface area contributed by atoms with E-state index in [0.717, 1.165) is 37.3 Å². The molecule has 0 spiro atoms. The van der Waals surface area contributed by atoms with Crippen LogP contribution >= 0.6 is 0 Å². The van der Waals surface area contributed by atoms with Crippen LogP contribution in [-0.2, 0) is 6.54 Å². The lowest BCUT2D eigenvalue weighted by Crippen LogP contribution is -2.41. The van der Waals surface area contributed by atoms with Gasteiger partial charge in [0.15, 0.2) is 5.82 Å². The summed E-state index contributed by atoms with van der Waals surface area (Å²) in [4.78, 5) is 2.35. The first-order valence-corrected chi connectivity index (χ1v) is 8.47. The number of hydrogen-bond donors (Lipinski definition) is 1. The normalized spacial score (nSPS) is 18.2. The molecule has 1 aromatic heterocycles. The van der Waals surface area contributed by atoms with Gasteiger partial charge in [0, 0.05) is 13.1 Å². The number of aromatic nitrogens is 4. The number of likely N-dealkylation sites (tertiary alicyclic amines) is 1. The molecule has 1 aliphatic heterocycles. The molecular formula is C17H24FN5O. The van der Waals surface area contributed by atoms with Crippen molar-refractivity contribution >= 4 is 0 Å². The second-order valence-electron chi connectivity index (χ2n) is 6.78. The summed E-state index contributed by atoms with van der Waals surface area (Å²) < 4.78 is 14.9. The molecule has 7 heteroatoms. The number of hydrogen-bond acceptors (Lipinski definition) is 5. The maximum absolute atomic E-state index is 13.1. The van der Waals surface area contributed by atoms with Crippen LogP contribution in [0, 0.1) is 11.7 Å². The molecule has 3 rings (SSSR count). The summed E-state index contributed by atoms with van der Waals surface area (Å²) in [5.41, 5.74) is 0.960. The molecule has 1 atom stereocenters. The van der Waals surface area contributed by atoms with Crippen molar-refractivity contribution in [1.82, 2.24) is 25.1 Å². The lowest BCUT2D eigenvalue weighted by Gasteiger charge is -2.37. The van der Waals surface area contributed by atoms with Crippen molar-refractivity contribution in [1.29, 1.82) is 0 Å². The smallest absolute Gasteiger partial charge is 0.169 e. The Morgan fingerprint density at radius 1 is 1.21 bits per heavy atom. The summed E-state index contributed by atoms with van der Waals surface area (Å²) in [6.07, 6.45) is 1.36. The fourth-order valence-electron chi connectivity index (χ4n) is 3.35. The molecule has 1 aromatic carbocycles. The van der Waals surface area contributed by atoms with Gasteiger partial charge in [-0.05, 0) is 46.9 Å². The number of benzene rings is 1. The van der Waals surface area contributed by atoms with Crippen LogP contribution in [0.1, 0.15) is 44.1 Å². The molecule has 2 heterocycles. The molecule has 1 saturated heterocycles. The van der Waals surface area contributed by atoms with Gasteiger partial charge >= 0.3 is 0 Å². The molecule has 6 nitrogen and oxygen atoms in total. The first-order valence-electron chi connectivity index (χ1n) is 8.47. The number of aliphatic hydroxyl groups excluding tert-OH is 1. The van der Waals surface area contributed by atoms with E-state index >= 15 is 0 Å². The predicted molar refractivity (Wildman–Crippen MR) is 87.7 cm³/mol. The summed E-state index contributed by atoms with van der Waals surface area (Å²) in [6, 6.07) is 6.51. The Labute approximate surface area is 141 Å². The minimum atomic E-state index is -0.248. The number of aliphatic hydroxyl groups is 1. The zero-order valence-electron chi connectivity index (χ0n) is 14.1. The van der Waals surface area contributed by atoms with E-state index in [1.807, 2.05) is 0 Å². The first kappa shape index (κ1) is 17.0. The topological polar surface area (TPSA) is 67.1 Å². The monoisotopic (exact) mass is 333 g/mol. The summed E-state index contributed by atoms with van der Waals surface area (Å²) in [5.74, 6) is 0.923. The molecule has 130 valence electrons. The van der Waals surface area contributed by atoms with Crippen LogP contribution in [0.3, 0.4) is 0 Å². The predicted octanol–water partition coefficient (Wildman–Crippen LogP) is 2.01. The van der Waals surface area contributed by atoms with Gasteiger partial charge in [-0.3, -0.25) is 4.90 Å². The SMILES string of the molecule is CC(C)[C@H](c1nnnn1Cc1ccc(F)cc1)N1CCC(O)CC1. The average molecular weight is 333 g/mol. The molecule has 0 radical (unpaired) electrons. The van der Waals surface area contributed by atoms with Gasteiger partial charge < -0.3 is 5.11 Å². The highest BCUT2D eigenvalue weighted by atomic mass is 19.1. The minimum absolute atomic E-state index is 0.105. The van der Waals surface area contributed by atoms with Crippen LogP contribution < -0.4 is 0 Å². The fraction of sp³-hybridized carbons (Fsp3) is 0.588. The summed E-state index contributed by atoms with van der Waals surface area (Å²) >= 11 is 0.